The molecule has 0 spiro atoms. The van der Waals surface area contributed by atoms with E-state index in [2.05, 4.69) is 5.32 Å². The zero-order valence-corrected chi connectivity index (χ0v) is 9.89. The Morgan fingerprint density at radius 2 is 2.56 bits per heavy atom. The lowest BCUT2D eigenvalue weighted by molar-refractivity contribution is -0.117. The van der Waals surface area contributed by atoms with Crippen LogP contribution in [0.3, 0.4) is 0 Å². The van der Waals surface area contributed by atoms with Crippen LogP contribution in [0.15, 0.2) is 28.4 Å². The largest absolute Gasteiger partial charge is 0.465 e. The number of nitrogens with one attached hydrogen (secondary N) is 1. The molecule has 1 saturated heterocycles. The zero-order chi connectivity index (χ0) is 12.8. The van der Waals surface area contributed by atoms with Gasteiger partial charge in [-0.05, 0) is 25.0 Å². The van der Waals surface area contributed by atoms with Crippen molar-refractivity contribution >= 4 is 12.0 Å². The molecule has 1 aromatic rings. The van der Waals surface area contributed by atoms with Crippen LogP contribution in [0, 0.1) is 11.3 Å². The van der Waals surface area contributed by atoms with Gasteiger partial charge in [-0.1, -0.05) is 0 Å². The van der Waals surface area contributed by atoms with E-state index in [1.807, 2.05) is 6.07 Å². The average Bonchev–Trinajstić information content (AvgIpc) is 3.06. The van der Waals surface area contributed by atoms with Gasteiger partial charge >= 0.3 is 0 Å². The van der Waals surface area contributed by atoms with Crippen LogP contribution < -0.4 is 5.32 Å². The lowest BCUT2D eigenvalue weighted by Gasteiger charge is -2.09. The van der Waals surface area contributed by atoms with Gasteiger partial charge in [0.25, 0.3) is 5.91 Å². The number of hydrogen-bond acceptors (Lipinski definition) is 4. The van der Waals surface area contributed by atoms with Gasteiger partial charge in [-0.3, -0.25) is 4.79 Å². The molecule has 1 N–H and O–H groups in total. The standard InChI is InChI=1S/C13H14N2O3/c14-8-10(7-11-3-1-5-17-11)13(16)15-9-12-4-2-6-18-12/h1,3,5,7,12H,2,4,6,9H2,(H,15,16)/b10-7+/t12-/m1/s1. The number of ether oxygens (including phenoxy) is 1. The maximum Gasteiger partial charge on any atom is 0.262 e. The molecule has 0 bridgehead atoms. The van der Waals surface area contributed by atoms with Crippen LogP contribution in [0.1, 0.15) is 18.6 Å². The number of hydrogen-bond donors (Lipinski definition) is 1. The number of nitriles is 1. The van der Waals surface area contributed by atoms with Crippen molar-refractivity contribution in [2.24, 2.45) is 0 Å². The Morgan fingerprint density at radius 3 is 3.17 bits per heavy atom. The highest BCUT2D eigenvalue weighted by Crippen LogP contribution is 2.11. The molecule has 2 rings (SSSR count). The molecule has 0 aromatic carbocycles. The molecule has 2 heterocycles. The minimum atomic E-state index is -0.399. The third-order valence-corrected chi connectivity index (χ3v) is 2.71. The first-order valence-corrected chi connectivity index (χ1v) is 5.84. The molecular formula is C13H14N2O3. The molecule has 1 fully saturated rings. The van der Waals surface area contributed by atoms with Crippen molar-refractivity contribution in [2.45, 2.75) is 18.9 Å². The summed E-state index contributed by atoms with van der Waals surface area (Å²) in [4.78, 5) is 11.8. The number of carbonyl (C=O) groups is 1. The first-order valence-electron chi connectivity index (χ1n) is 5.84. The number of furan rings is 1. The van der Waals surface area contributed by atoms with Crippen molar-refractivity contribution in [1.29, 1.82) is 5.26 Å². The SMILES string of the molecule is N#C/C(=C\c1ccco1)C(=O)NC[C@H]1CCCO1. The van der Waals surface area contributed by atoms with Crippen molar-refractivity contribution in [3.8, 4) is 6.07 Å². The lowest BCUT2D eigenvalue weighted by atomic mass is 10.2. The average molecular weight is 246 g/mol. The van der Waals surface area contributed by atoms with E-state index >= 15 is 0 Å². The quantitative estimate of drug-likeness (QED) is 0.645. The van der Waals surface area contributed by atoms with E-state index in [1.165, 1.54) is 12.3 Å². The summed E-state index contributed by atoms with van der Waals surface area (Å²) in [6.07, 6.45) is 4.95. The van der Waals surface area contributed by atoms with Crippen molar-refractivity contribution in [2.75, 3.05) is 13.2 Å². The monoisotopic (exact) mass is 246 g/mol. The molecule has 1 atom stereocenters. The molecule has 0 aliphatic carbocycles. The molecule has 1 aliphatic rings. The number of amides is 1. The van der Waals surface area contributed by atoms with Gasteiger partial charge in [0.1, 0.15) is 17.4 Å². The second-order valence-corrected chi connectivity index (χ2v) is 4.03. The van der Waals surface area contributed by atoms with E-state index in [4.69, 9.17) is 14.4 Å². The maximum absolute atomic E-state index is 11.8. The van der Waals surface area contributed by atoms with Crippen LogP contribution in [0.2, 0.25) is 0 Å². The van der Waals surface area contributed by atoms with E-state index in [-0.39, 0.29) is 11.7 Å². The van der Waals surface area contributed by atoms with E-state index in [9.17, 15) is 4.79 Å². The highest BCUT2D eigenvalue weighted by Gasteiger charge is 2.17. The van der Waals surface area contributed by atoms with Crippen molar-refractivity contribution in [3.05, 3.63) is 29.7 Å². The Balaban J connectivity index is 1.91. The van der Waals surface area contributed by atoms with Gasteiger partial charge in [0.15, 0.2) is 0 Å². The van der Waals surface area contributed by atoms with Crippen molar-refractivity contribution in [1.82, 2.24) is 5.32 Å². The molecule has 18 heavy (non-hydrogen) atoms. The van der Waals surface area contributed by atoms with Gasteiger partial charge in [0.2, 0.25) is 0 Å². The van der Waals surface area contributed by atoms with E-state index < -0.39 is 5.91 Å². The summed E-state index contributed by atoms with van der Waals surface area (Å²) in [6, 6.07) is 5.25. The Bertz CT molecular complexity index is 465. The van der Waals surface area contributed by atoms with E-state index in [0.717, 1.165) is 19.4 Å². The third-order valence-electron chi connectivity index (χ3n) is 2.71. The van der Waals surface area contributed by atoms with Crippen molar-refractivity contribution in [3.63, 3.8) is 0 Å². The molecule has 0 saturated carbocycles. The number of carbonyl (C=O) groups excluding carboxylic acids is 1. The van der Waals surface area contributed by atoms with Gasteiger partial charge < -0.3 is 14.5 Å². The van der Waals surface area contributed by atoms with E-state index in [1.54, 1.807) is 12.1 Å². The summed E-state index contributed by atoms with van der Waals surface area (Å²) in [6.45, 7) is 1.18. The summed E-state index contributed by atoms with van der Waals surface area (Å²) in [5, 5.41) is 11.6. The first-order chi connectivity index (χ1) is 8.79. The molecule has 1 aromatic heterocycles. The maximum atomic E-state index is 11.8. The molecular weight excluding hydrogens is 232 g/mol. The van der Waals surface area contributed by atoms with Crippen LogP contribution in [-0.2, 0) is 9.53 Å². The summed E-state index contributed by atoms with van der Waals surface area (Å²) >= 11 is 0. The highest BCUT2D eigenvalue weighted by atomic mass is 16.5. The predicted molar refractivity (Wildman–Crippen MR) is 64.3 cm³/mol. The topological polar surface area (TPSA) is 75.3 Å². The molecule has 0 radical (unpaired) electrons. The van der Waals surface area contributed by atoms with Gasteiger partial charge in [0.05, 0.1) is 12.4 Å². The fourth-order valence-electron chi connectivity index (χ4n) is 1.77. The molecule has 0 unspecified atom stereocenters. The van der Waals surface area contributed by atoms with Gasteiger partial charge in [0, 0.05) is 19.2 Å². The minimum Gasteiger partial charge on any atom is -0.465 e. The van der Waals surface area contributed by atoms with Gasteiger partial charge in [-0.15, -0.1) is 0 Å². The normalized spacial score (nSPS) is 19.5. The molecule has 1 amide bonds. The summed E-state index contributed by atoms with van der Waals surface area (Å²) in [5.41, 5.74) is 0.0305. The van der Waals surface area contributed by atoms with Crippen LogP contribution in [0.4, 0.5) is 0 Å². The highest BCUT2D eigenvalue weighted by molar-refractivity contribution is 6.01. The molecule has 1 aliphatic heterocycles. The fourth-order valence-corrected chi connectivity index (χ4v) is 1.77. The van der Waals surface area contributed by atoms with Gasteiger partial charge in [-0.2, -0.15) is 5.26 Å². The first kappa shape index (κ1) is 12.4. The summed E-state index contributed by atoms with van der Waals surface area (Å²) in [7, 11) is 0. The van der Waals surface area contributed by atoms with Crippen LogP contribution in [0.5, 0.6) is 0 Å². The molecule has 94 valence electrons. The third kappa shape index (κ3) is 3.22. The fraction of sp³-hybridized carbons (Fsp3) is 0.385. The Hall–Kier alpha value is -2.06. The summed E-state index contributed by atoms with van der Waals surface area (Å²) in [5.74, 6) is 0.0863. The van der Waals surface area contributed by atoms with E-state index in [0.29, 0.717) is 12.3 Å². The number of nitrogens with zero attached hydrogens (tertiary/aromatic N) is 1. The minimum absolute atomic E-state index is 0.0305. The number of rotatable bonds is 4. The van der Waals surface area contributed by atoms with Crippen molar-refractivity contribution < 1.29 is 13.9 Å². The Morgan fingerprint density at radius 1 is 1.67 bits per heavy atom. The summed E-state index contributed by atoms with van der Waals surface area (Å²) < 4.78 is 10.4. The second-order valence-electron chi connectivity index (χ2n) is 4.03. The molecule has 5 heteroatoms. The van der Waals surface area contributed by atoms with Gasteiger partial charge in [-0.25, -0.2) is 0 Å². The smallest absolute Gasteiger partial charge is 0.262 e. The Kier molecular flexibility index (Phi) is 4.15. The van der Waals surface area contributed by atoms with Crippen LogP contribution in [0.25, 0.3) is 6.08 Å². The van der Waals surface area contributed by atoms with Crippen LogP contribution in [-0.4, -0.2) is 25.2 Å². The molecule has 5 nitrogen and oxygen atoms in total. The Labute approximate surface area is 105 Å². The van der Waals surface area contributed by atoms with Crippen LogP contribution >= 0.6 is 0 Å². The lowest BCUT2D eigenvalue weighted by Crippen LogP contribution is -2.32. The zero-order valence-electron chi connectivity index (χ0n) is 9.89. The second kappa shape index (κ2) is 6.03. The predicted octanol–water partition coefficient (Wildman–Crippen LogP) is 1.48.